The number of hydrogen-bond acceptors (Lipinski definition) is 6. The zero-order valence-corrected chi connectivity index (χ0v) is 15.7. The van der Waals surface area contributed by atoms with E-state index in [0.717, 1.165) is 0 Å². The average molecular weight is 404 g/mol. The van der Waals surface area contributed by atoms with Gasteiger partial charge in [-0.1, -0.05) is 24.3 Å². The average Bonchev–Trinajstić information content (AvgIpc) is 2.67. The SMILES string of the molecule is O=C(O)C(S)=Cc1ccc(OCCOc2ccc(CC(O)C(=O)O)cc2)cc1. The van der Waals surface area contributed by atoms with Crippen molar-refractivity contribution in [2.45, 2.75) is 12.5 Å². The van der Waals surface area contributed by atoms with E-state index in [1.165, 1.54) is 6.08 Å². The molecular weight excluding hydrogens is 384 g/mol. The van der Waals surface area contributed by atoms with Crippen LogP contribution in [0.5, 0.6) is 11.5 Å². The first kappa shape index (κ1) is 21.3. The van der Waals surface area contributed by atoms with Gasteiger partial charge in [0.05, 0.1) is 4.91 Å². The predicted molar refractivity (Wildman–Crippen MR) is 106 cm³/mol. The molecule has 7 nitrogen and oxygen atoms in total. The number of rotatable bonds is 10. The van der Waals surface area contributed by atoms with Crippen molar-refractivity contribution in [3.8, 4) is 11.5 Å². The van der Waals surface area contributed by atoms with Crippen LogP contribution in [0.15, 0.2) is 53.4 Å². The first-order valence-corrected chi connectivity index (χ1v) is 8.79. The number of thiol groups is 1. The molecule has 2 aromatic carbocycles. The lowest BCUT2D eigenvalue weighted by atomic mass is 10.1. The Kier molecular flexibility index (Phi) is 7.91. The molecule has 0 aliphatic carbocycles. The lowest BCUT2D eigenvalue weighted by molar-refractivity contribution is -0.146. The van der Waals surface area contributed by atoms with Gasteiger partial charge in [0.15, 0.2) is 6.10 Å². The zero-order valence-electron chi connectivity index (χ0n) is 14.8. The van der Waals surface area contributed by atoms with Gasteiger partial charge in [-0.25, -0.2) is 9.59 Å². The van der Waals surface area contributed by atoms with E-state index in [9.17, 15) is 14.7 Å². The Labute approximate surface area is 167 Å². The summed E-state index contributed by atoms with van der Waals surface area (Å²) in [6.45, 7) is 0.611. The van der Waals surface area contributed by atoms with Gasteiger partial charge in [-0.15, -0.1) is 12.6 Å². The highest BCUT2D eigenvalue weighted by atomic mass is 32.1. The Morgan fingerprint density at radius 1 is 0.929 bits per heavy atom. The smallest absolute Gasteiger partial charge is 0.341 e. The fourth-order valence-corrected chi connectivity index (χ4v) is 2.38. The molecule has 2 aromatic rings. The minimum atomic E-state index is -1.43. The van der Waals surface area contributed by atoms with Crippen LogP contribution in [0.4, 0.5) is 0 Å². The number of aliphatic hydroxyl groups excluding tert-OH is 1. The molecule has 28 heavy (non-hydrogen) atoms. The van der Waals surface area contributed by atoms with E-state index < -0.39 is 18.0 Å². The van der Waals surface area contributed by atoms with E-state index in [1.807, 2.05) is 0 Å². The molecule has 3 N–H and O–H groups in total. The van der Waals surface area contributed by atoms with Crippen LogP contribution in [0.3, 0.4) is 0 Å². The van der Waals surface area contributed by atoms with Crippen LogP contribution < -0.4 is 9.47 Å². The number of benzene rings is 2. The zero-order chi connectivity index (χ0) is 20.5. The van der Waals surface area contributed by atoms with Gasteiger partial charge in [0, 0.05) is 6.42 Å². The number of hydrogen-bond donors (Lipinski definition) is 4. The molecule has 0 fully saturated rings. The Bertz CT molecular complexity index is 829. The summed E-state index contributed by atoms with van der Waals surface area (Å²) in [4.78, 5) is 21.3. The standard InChI is InChI=1S/C20H20O7S/c21-17(19(22)23)11-13-1-5-15(6-2-13)26-9-10-27-16-7-3-14(4-8-16)12-18(28)20(24)25/h1-8,12,17,21,28H,9-11H2,(H,22,23)(H,24,25). The number of aliphatic carboxylic acids is 2. The number of carbonyl (C=O) groups is 2. The molecule has 0 spiro atoms. The number of ether oxygens (including phenoxy) is 2. The summed E-state index contributed by atoms with van der Waals surface area (Å²) in [7, 11) is 0. The highest BCUT2D eigenvalue weighted by Crippen LogP contribution is 2.17. The molecule has 0 radical (unpaired) electrons. The third-order valence-corrected chi connectivity index (χ3v) is 3.98. The largest absolute Gasteiger partial charge is 0.490 e. The molecule has 0 bridgehead atoms. The molecule has 0 aromatic heterocycles. The van der Waals surface area contributed by atoms with Crippen molar-refractivity contribution < 1.29 is 34.4 Å². The van der Waals surface area contributed by atoms with E-state index in [2.05, 4.69) is 12.6 Å². The summed E-state index contributed by atoms with van der Waals surface area (Å²) in [5.74, 6) is -1.12. The first-order valence-electron chi connectivity index (χ1n) is 8.34. The van der Waals surface area contributed by atoms with Crippen molar-refractivity contribution in [1.29, 1.82) is 0 Å². The van der Waals surface area contributed by atoms with E-state index in [4.69, 9.17) is 19.7 Å². The molecule has 0 saturated heterocycles. The first-order chi connectivity index (χ1) is 13.3. The van der Waals surface area contributed by atoms with Crippen molar-refractivity contribution in [1.82, 2.24) is 0 Å². The van der Waals surface area contributed by atoms with Crippen molar-refractivity contribution >= 4 is 30.6 Å². The maximum absolute atomic E-state index is 10.7. The van der Waals surface area contributed by atoms with Crippen molar-refractivity contribution in [2.75, 3.05) is 13.2 Å². The predicted octanol–water partition coefficient (Wildman–Crippen LogP) is 2.49. The summed E-state index contributed by atoms with van der Waals surface area (Å²) in [6, 6.07) is 13.7. The molecule has 0 heterocycles. The fourth-order valence-electron chi connectivity index (χ4n) is 2.23. The molecule has 1 atom stereocenters. The molecule has 0 aliphatic rings. The van der Waals surface area contributed by atoms with Crippen LogP contribution in [0.2, 0.25) is 0 Å². The molecule has 1 unspecified atom stereocenters. The van der Waals surface area contributed by atoms with E-state index >= 15 is 0 Å². The number of aliphatic hydroxyl groups is 1. The second-order valence-corrected chi connectivity index (χ2v) is 6.28. The van der Waals surface area contributed by atoms with Gasteiger partial charge in [-0.05, 0) is 41.5 Å². The normalized spacial score (nSPS) is 12.3. The van der Waals surface area contributed by atoms with Gasteiger partial charge in [-0.2, -0.15) is 0 Å². The summed E-state index contributed by atoms with van der Waals surface area (Å²) in [6.07, 6.45) is 0.0493. The molecule has 0 saturated carbocycles. The maximum atomic E-state index is 10.7. The summed E-state index contributed by atoms with van der Waals surface area (Å²) >= 11 is 3.87. The molecule has 0 amide bonds. The third-order valence-electron chi connectivity index (χ3n) is 3.66. The van der Waals surface area contributed by atoms with Crippen molar-refractivity contribution in [3.05, 3.63) is 64.6 Å². The molecule has 8 heteroatoms. The second kappa shape index (κ2) is 10.4. The minimum Gasteiger partial charge on any atom is -0.490 e. The van der Waals surface area contributed by atoms with Crippen LogP contribution in [0.25, 0.3) is 6.08 Å². The molecular formula is C20H20O7S. The molecule has 148 valence electrons. The topological polar surface area (TPSA) is 113 Å². The van der Waals surface area contributed by atoms with Crippen LogP contribution in [-0.4, -0.2) is 46.6 Å². The quantitative estimate of drug-likeness (QED) is 0.273. The van der Waals surface area contributed by atoms with Gasteiger partial charge >= 0.3 is 11.9 Å². The van der Waals surface area contributed by atoms with Gasteiger partial charge in [0.25, 0.3) is 0 Å². The van der Waals surface area contributed by atoms with Crippen LogP contribution in [-0.2, 0) is 16.0 Å². The summed E-state index contributed by atoms with van der Waals surface area (Å²) in [5.41, 5.74) is 1.39. The molecule has 0 aliphatic heterocycles. The third kappa shape index (κ3) is 6.98. The molecule has 2 rings (SSSR count). The highest BCUT2D eigenvalue weighted by molar-refractivity contribution is 7.85. The Balaban J connectivity index is 1.76. The van der Waals surface area contributed by atoms with E-state index in [1.54, 1.807) is 48.5 Å². The van der Waals surface area contributed by atoms with E-state index in [0.29, 0.717) is 35.8 Å². The number of carboxylic acid groups (broad SMARTS) is 2. The lowest BCUT2D eigenvalue weighted by Gasteiger charge is -2.10. The Morgan fingerprint density at radius 3 is 1.89 bits per heavy atom. The van der Waals surface area contributed by atoms with Crippen molar-refractivity contribution in [2.24, 2.45) is 0 Å². The number of carboxylic acids is 2. The Morgan fingerprint density at radius 2 is 1.43 bits per heavy atom. The second-order valence-electron chi connectivity index (χ2n) is 5.80. The van der Waals surface area contributed by atoms with Gasteiger partial charge in [-0.3, -0.25) is 0 Å². The fraction of sp³-hybridized carbons (Fsp3) is 0.200. The van der Waals surface area contributed by atoms with Crippen LogP contribution >= 0.6 is 12.6 Å². The highest BCUT2D eigenvalue weighted by Gasteiger charge is 2.13. The monoisotopic (exact) mass is 404 g/mol. The minimum absolute atomic E-state index is 0.0328. The lowest BCUT2D eigenvalue weighted by Crippen LogP contribution is -2.21. The van der Waals surface area contributed by atoms with Gasteiger partial charge < -0.3 is 24.8 Å². The van der Waals surface area contributed by atoms with Gasteiger partial charge in [0.1, 0.15) is 24.7 Å². The van der Waals surface area contributed by atoms with Crippen molar-refractivity contribution in [3.63, 3.8) is 0 Å². The van der Waals surface area contributed by atoms with E-state index in [-0.39, 0.29) is 11.3 Å². The van der Waals surface area contributed by atoms with Gasteiger partial charge in [0.2, 0.25) is 0 Å². The summed E-state index contributed by atoms with van der Waals surface area (Å²) < 4.78 is 11.1. The van der Waals surface area contributed by atoms with Crippen LogP contribution in [0.1, 0.15) is 11.1 Å². The van der Waals surface area contributed by atoms with Crippen LogP contribution in [0, 0.1) is 0 Å². The maximum Gasteiger partial charge on any atom is 0.341 e. The summed E-state index contributed by atoms with van der Waals surface area (Å²) in [5, 5.41) is 26.8. The Hall–Kier alpha value is -2.97.